The Balaban J connectivity index is 2.84. The minimum atomic E-state index is 0.787. The van der Waals surface area contributed by atoms with Crippen molar-refractivity contribution in [3.05, 3.63) is 90.2 Å². The normalized spacial score (nSPS) is 13.5. The average molecular weight is 305 g/mol. The maximum atomic E-state index is 4.55. The van der Waals surface area contributed by atoms with Gasteiger partial charge in [0.05, 0.1) is 0 Å². The number of hydrogen-bond donors (Lipinski definition) is 0. The van der Waals surface area contributed by atoms with Gasteiger partial charge in [0.2, 0.25) is 0 Å². The van der Waals surface area contributed by atoms with Gasteiger partial charge < -0.3 is 0 Å². The Labute approximate surface area is 141 Å². The Morgan fingerprint density at radius 3 is 2.22 bits per heavy atom. The van der Waals surface area contributed by atoms with E-state index in [4.69, 9.17) is 0 Å². The van der Waals surface area contributed by atoms with Crippen molar-refractivity contribution < 1.29 is 0 Å². The van der Waals surface area contributed by atoms with Crippen molar-refractivity contribution in [2.45, 2.75) is 34.1 Å². The van der Waals surface area contributed by atoms with E-state index >= 15 is 0 Å². The fourth-order valence-corrected chi connectivity index (χ4v) is 1.92. The van der Waals surface area contributed by atoms with Crippen LogP contribution in [0.3, 0.4) is 0 Å². The van der Waals surface area contributed by atoms with Gasteiger partial charge >= 0.3 is 0 Å². The van der Waals surface area contributed by atoms with Crippen LogP contribution in [0.1, 0.15) is 38.8 Å². The molecule has 23 heavy (non-hydrogen) atoms. The molecule has 0 N–H and O–H groups in total. The average Bonchev–Trinajstić information content (AvgIpc) is 2.58. The standard InChI is InChI=1S/C22H27N/c1-7-17(4)10-11-18(5)21-14-12-20(13-15-21)16-22(9-3)23-19(6)8-2/h7-15H,3,5,16H2,1-2,4,6H3/b11-10-,17-7-,19-8-,23-22?. The van der Waals surface area contributed by atoms with Crippen molar-refractivity contribution in [2.24, 2.45) is 4.99 Å². The first-order valence-electron chi connectivity index (χ1n) is 7.92. The summed E-state index contributed by atoms with van der Waals surface area (Å²) in [6, 6.07) is 8.47. The van der Waals surface area contributed by atoms with Crippen LogP contribution >= 0.6 is 0 Å². The van der Waals surface area contributed by atoms with Crippen molar-refractivity contribution in [2.75, 3.05) is 0 Å². The van der Waals surface area contributed by atoms with Crippen LogP contribution in [0, 0.1) is 0 Å². The van der Waals surface area contributed by atoms with Gasteiger partial charge in [0.25, 0.3) is 0 Å². The van der Waals surface area contributed by atoms with E-state index in [1.807, 2.05) is 32.9 Å². The van der Waals surface area contributed by atoms with Gasteiger partial charge in [-0.05, 0) is 50.5 Å². The van der Waals surface area contributed by atoms with Crippen molar-refractivity contribution in [1.82, 2.24) is 0 Å². The third-order valence-electron chi connectivity index (χ3n) is 3.69. The molecule has 0 aliphatic carbocycles. The molecular formula is C22H27N. The van der Waals surface area contributed by atoms with Gasteiger partial charge in [-0.25, -0.2) is 0 Å². The number of aliphatic imine (C=N–C) groups is 1. The zero-order chi connectivity index (χ0) is 17.2. The first-order chi connectivity index (χ1) is 11.0. The zero-order valence-electron chi connectivity index (χ0n) is 14.8. The van der Waals surface area contributed by atoms with E-state index in [-0.39, 0.29) is 0 Å². The zero-order valence-corrected chi connectivity index (χ0v) is 14.8. The molecule has 1 rings (SSSR count). The molecule has 0 fully saturated rings. The number of rotatable bonds is 7. The summed E-state index contributed by atoms with van der Waals surface area (Å²) < 4.78 is 0. The summed E-state index contributed by atoms with van der Waals surface area (Å²) in [6.07, 6.45) is 10.8. The molecule has 0 atom stereocenters. The first-order valence-corrected chi connectivity index (χ1v) is 7.92. The quantitative estimate of drug-likeness (QED) is 0.413. The van der Waals surface area contributed by atoms with Gasteiger partial charge in [0.15, 0.2) is 0 Å². The molecule has 0 spiro atoms. The summed E-state index contributed by atoms with van der Waals surface area (Å²) in [6.45, 7) is 16.1. The van der Waals surface area contributed by atoms with Crippen LogP contribution in [-0.2, 0) is 6.42 Å². The van der Waals surface area contributed by atoms with E-state index in [9.17, 15) is 0 Å². The van der Waals surface area contributed by atoms with E-state index in [0.717, 1.165) is 29.0 Å². The lowest BCUT2D eigenvalue weighted by Gasteiger charge is -2.05. The van der Waals surface area contributed by atoms with E-state index in [1.165, 1.54) is 11.1 Å². The second kappa shape index (κ2) is 9.58. The lowest BCUT2D eigenvalue weighted by Crippen LogP contribution is -1.99. The summed E-state index contributed by atoms with van der Waals surface area (Å²) in [5.41, 5.74) is 6.59. The molecule has 120 valence electrons. The molecule has 0 aliphatic heterocycles. The summed E-state index contributed by atoms with van der Waals surface area (Å²) in [7, 11) is 0. The Morgan fingerprint density at radius 2 is 1.70 bits per heavy atom. The molecule has 0 saturated heterocycles. The van der Waals surface area contributed by atoms with E-state index in [0.29, 0.717) is 0 Å². The molecule has 0 bridgehead atoms. The highest BCUT2D eigenvalue weighted by Gasteiger charge is 2.00. The Morgan fingerprint density at radius 1 is 1.04 bits per heavy atom. The maximum absolute atomic E-state index is 4.55. The number of hydrogen-bond acceptors (Lipinski definition) is 1. The molecule has 0 radical (unpaired) electrons. The highest BCUT2D eigenvalue weighted by molar-refractivity contribution is 5.96. The molecule has 0 aromatic heterocycles. The van der Waals surface area contributed by atoms with Crippen LogP contribution in [0.15, 0.2) is 84.1 Å². The Bertz CT molecular complexity index is 664. The Kier molecular flexibility index (Phi) is 7.76. The lowest BCUT2D eigenvalue weighted by atomic mass is 10.0. The fourth-order valence-electron chi connectivity index (χ4n) is 1.92. The number of allylic oxidation sites excluding steroid dienone is 8. The molecule has 0 saturated carbocycles. The van der Waals surface area contributed by atoms with Crippen molar-refractivity contribution in [1.29, 1.82) is 0 Å². The molecular weight excluding hydrogens is 278 g/mol. The van der Waals surface area contributed by atoms with Gasteiger partial charge in [-0.1, -0.05) is 67.3 Å². The van der Waals surface area contributed by atoms with Crippen LogP contribution in [0.5, 0.6) is 0 Å². The summed E-state index contributed by atoms with van der Waals surface area (Å²) in [5.74, 6) is 0. The summed E-state index contributed by atoms with van der Waals surface area (Å²) in [5, 5.41) is 0. The number of benzene rings is 1. The monoisotopic (exact) mass is 305 g/mol. The molecule has 0 heterocycles. The third kappa shape index (κ3) is 6.48. The van der Waals surface area contributed by atoms with E-state index in [2.05, 4.69) is 67.6 Å². The minimum absolute atomic E-state index is 0.787. The SMILES string of the molecule is C=CC(Cc1ccc(C(=C)/C=C\C(C)=C/C)cc1)=N/C(C)=C\C. The van der Waals surface area contributed by atoms with Crippen molar-refractivity contribution >= 4 is 11.3 Å². The van der Waals surface area contributed by atoms with Gasteiger partial charge in [-0.15, -0.1) is 0 Å². The second-order valence-corrected chi connectivity index (χ2v) is 5.50. The van der Waals surface area contributed by atoms with Crippen molar-refractivity contribution in [3.8, 4) is 0 Å². The van der Waals surface area contributed by atoms with Gasteiger partial charge in [0.1, 0.15) is 0 Å². The van der Waals surface area contributed by atoms with Crippen LogP contribution in [0.2, 0.25) is 0 Å². The molecule has 1 aromatic rings. The van der Waals surface area contributed by atoms with E-state index < -0.39 is 0 Å². The highest BCUT2D eigenvalue weighted by Crippen LogP contribution is 2.16. The minimum Gasteiger partial charge on any atom is -0.258 e. The predicted octanol–water partition coefficient (Wildman–Crippen LogP) is 6.32. The topological polar surface area (TPSA) is 12.4 Å². The van der Waals surface area contributed by atoms with Crippen molar-refractivity contribution in [3.63, 3.8) is 0 Å². The molecule has 0 unspecified atom stereocenters. The molecule has 1 aromatic carbocycles. The lowest BCUT2D eigenvalue weighted by molar-refractivity contribution is 1.24. The first kappa shape index (κ1) is 18.6. The fraction of sp³-hybridized carbons (Fsp3) is 0.227. The molecule has 0 aliphatic rings. The second-order valence-electron chi connectivity index (χ2n) is 5.50. The van der Waals surface area contributed by atoms with Gasteiger partial charge in [-0.3, -0.25) is 4.99 Å². The summed E-state index contributed by atoms with van der Waals surface area (Å²) >= 11 is 0. The van der Waals surface area contributed by atoms with Crippen LogP contribution in [-0.4, -0.2) is 5.71 Å². The largest absolute Gasteiger partial charge is 0.258 e. The van der Waals surface area contributed by atoms with Gasteiger partial charge in [-0.2, -0.15) is 0 Å². The predicted molar refractivity (Wildman–Crippen MR) is 105 cm³/mol. The molecule has 1 heteroatoms. The smallest absolute Gasteiger partial charge is 0.0444 e. The van der Waals surface area contributed by atoms with Crippen LogP contribution in [0.25, 0.3) is 5.57 Å². The maximum Gasteiger partial charge on any atom is 0.0444 e. The van der Waals surface area contributed by atoms with Gasteiger partial charge in [0, 0.05) is 17.8 Å². The molecule has 1 nitrogen and oxygen atoms in total. The van der Waals surface area contributed by atoms with Crippen LogP contribution < -0.4 is 0 Å². The Hall–Kier alpha value is -2.41. The summed E-state index contributed by atoms with van der Waals surface area (Å²) in [4.78, 5) is 4.55. The third-order valence-corrected chi connectivity index (χ3v) is 3.69. The molecule has 0 amide bonds. The van der Waals surface area contributed by atoms with E-state index in [1.54, 1.807) is 0 Å². The van der Waals surface area contributed by atoms with Crippen LogP contribution in [0.4, 0.5) is 0 Å². The highest BCUT2D eigenvalue weighted by atomic mass is 14.7. The number of nitrogens with zero attached hydrogens (tertiary/aromatic N) is 1.